The van der Waals surface area contributed by atoms with Crippen molar-refractivity contribution in [1.29, 1.82) is 0 Å². The topological polar surface area (TPSA) is 35.9 Å². The fourth-order valence-corrected chi connectivity index (χ4v) is 9.50. The van der Waals surface area contributed by atoms with Gasteiger partial charge in [-0.15, -0.1) is 29.7 Å². The van der Waals surface area contributed by atoms with Crippen LogP contribution >= 0.6 is 0 Å². The number of fused-ring (bicyclic) bond motifs is 3. The molecule has 3 aromatic heterocycles. The fraction of sp³-hybridized carbons (Fsp3) is 0.219. The van der Waals surface area contributed by atoms with E-state index in [9.17, 15) is 0 Å². The molecule has 5 nitrogen and oxygen atoms in total. The van der Waals surface area contributed by atoms with Gasteiger partial charge in [0.05, 0.1) is 11.4 Å². The smallest absolute Gasteiger partial charge is 0.267 e. The van der Waals surface area contributed by atoms with Crippen molar-refractivity contribution in [1.82, 2.24) is 14.1 Å². The maximum Gasteiger partial charge on any atom is 0.267 e. The molecule has 0 aliphatic rings. The first-order valence-corrected chi connectivity index (χ1v) is 24.0. The Morgan fingerprint density at radius 1 is 0.500 bits per heavy atom. The van der Waals surface area contributed by atoms with Gasteiger partial charge >= 0.3 is 0 Å². The van der Waals surface area contributed by atoms with E-state index in [1.807, 2.05) is 24.4 Å². The Kier molecular flexibility index (Phi) is 12.7. The fourth-order valence-electron chi connectivity index (χ4n) is 9.50. The summed E-state index contributed by atoms with van der Waals surface area (Å²) in [5, 5.41) is 2.25. The summed E-state index contributed by atoms with van der Waals surface area (Å²) in [6, 6.07) is 67.7. The van der Waals surface area contributed by atoms with Gasteiger partial charge < -0.3 is 13.9 Å². The Morgan fingerprint density at radius 2 is 1.13 bits per heavy atom. The molecule has 0 saturated heterocycles. The Morgan fingerprint density at radius 3 is 1.80 bits per heavy atom. The predicted octanol–water partition coefficient (Wildman–Crippen LogP) is 15.4. The van der Waals surface area contributed by atoms with Crippen molar-refractivity contribution in [2.45, 2.75) is 90.9 Å². The van der Waals surface area contributed by atoms with Crippen LogP contribution in [0.4, 0.5) is 0 Å². The van der Waals surface area contributed by atoms with Crippen LogP contribution in [0.3, 0.4) is 0 Å². The minimum Gasteiger partial charge on any atom is -0.510 e. The van der Waals surface area contributed by atoms with E-state index < -0.39 is 5.41 Å². The van der Waals surface area contributed by atoms with Gasteiger partial charge in [-0.05, 0) is 91.2 Å². The molecule has 3 heterocycles. The van der Waals surface area contributed by atoms with Gasteiger partial charge in [-0.1, -0.05) is 184 Å². The first-order valence-electron chi connectivity index (χ1n) is 24.0. The first kappa shape index (κ1) is 48.2. The minimum absolute atomic E-state index is 0. The molecule has 0 unspecified atom stereocenters. The average Bonchev–Trinajstić information content (AvgIpc) is 3.95. The molecule has 10 rings (SSSR count). The van der Waals surface area contributed by atoms with Crippen molar-refractivity contribution in [3.63, 3.8) is 0 Å². The van der Waals surface area contributed by atoms with Crippen LogP contribution in [0.25, 0.3) is 50.1 Å². The van der Waals surface area contributed by atoms with Gasteiger partial charge in [-0.25, -0.2) is 4.98 Å². The van der Waals surface area contributed by atoms with E-state index in [-0.39, 0.29) is 37.3 Å². The van der Waals surface area contributed by atoms with Crippen LogP contribution in [0.5, 0.6) is 11.5 Å². The molecule has 0 amide bonds. The third-order valence-electron chi connectivity index (χ3n) is 13.9. The summed E-state index contributed by atoms with van der Waals surface area (Å²) in [6.07, 6.45) is 7.94. The second kappa shape index (κ2) is 18.5. The van der Waals surface area contributed by atoms with Crippen LogP contribution in [0, 0.1) is 18.5 Å². The average molecular weight is 1100 g/mol. The van der Waals surface area contributed by atoms with Crippen molar-refractivity contribution in [2.24, 2.45) is 0 Å². The largest absolute Gasteiger partial charge is 0.510 e. The second-order valence-corrected chi connectivity index (χ2v) is 21.5. The van der Waals surface area contributed by atoms with Gasteiger partial charge in [0, 0.05) is 61.3 Å². The number of benzene rings is 7. The van der Waals surface area contributed by atoms with Crippen molar-refractivity contribution < 1.29 is 30.4 Å². The van der Waals surface area contributed by atoms with Gasteiger partial charge in [-0.2, -0.15) is 18.2 Å². The maximum absolute atomic E-state index is 6.77. The van der Waals surface area contributed by atoms with Gasteiger partial charge in [0.25, 0.3) is 6.33 Å². The van der Waals surface area contributed by atoms with E-state index in [1.54, 1.807) is 0 Å². The molecule has 0 saturated carbocycles. The van der Waals surface area contributed by atoms with Crippen molar-refractivity contribution >= 4 is 21.8 Å². The van der Waals surface area contributed by atoms with E-state index >= 15 is 0 Å². The van der Waals surface area contributed by atoms with E-state index in [2.05, 4.69) is 259 Å². The van der Waals surface area contributed by atoms with Crippen LogP contribution in [0.15, 0.2) is 182 Å². The van der Waals surface area contributed by atoms with Gasteiger partial charge in [0.15, 0.2) is 0 Å². The van der Waals surface area contributed by atoms with E-state index in [1.165, 1.54) is 27.8 Å². The summed E-state index contributed by atoms with van der Waals surface area (Å²) < 4.78 is 13.3. The summed E-state index contributed by atoms with van der Waals surface area (Å²) in [7, 11) is 0. The number of nitrogens with zero attached hydrogens (tertiary/aromatic N) is 4. The molecule has 0 aliphatic heterocycles. The van der Waals surface area contributed by atoms with Crippen LogP contribution in [0.1, 0.15) is 103 Å². The predicted molar refractivity (Wildman–Crippen MR) is 282 cm³/mol. The molecule has 0 spiro atoms. The number of hydrogen-bond donors (Lipinski definition) is 0. The number of aromatic nitrogens is 4. The van der Waals surface area contributed by atoms with Crippen LogP contribution in [-0.2, 0) is 42.7 Å². The van der Waals surface area contributed by atoms with Crippen LogP contribution < -0.4 is 9.30 Å². The molecule has 0 fully saturated rings. The Bertz CT molecular complexity index is 3480. The number of hydrogen-bond acceptors (Lipinski definition) is 2. The molecule has 7 aromatic carbocycles. The molecule has 0 atom stereocenters. The summed E-state index contributed by atoms with van der Waals surface area (Å²) >= 11 is 0. The summed E-state index contributed by atoms with van der Waals surface area (Å²) in [5.74, 6) is 2.01. The zero-order valence-corrected chi connectivity index (χ0v) is 44.1. The van der Waals surface area contributed by atoms with Crippen molar-refractivity contribution in [2.75, 3.05) is 0 Å². The van der Waals surface area contributed by atoms with Crippen molar-refractivity contribution in [3.8, 4) is 39.8 Å². The maximum atomic E-state index is 6.77. The third kappa shape index (κ3) is 9.20. The summed E-state index contributed by atoms with van der Waals surface area (Å²) in [4.78, 5) is 4.94. The Labute approximate surface area is 428 Å². The summed E-state index contributed by atoms with van der Waals surface area (Å²) in [6.45, 7) is 22.6. The molecule has 70 heavy (non-hydrogen) atoms. The molecule has 0 aliphatic carbocycles. The van der Waals surface area contributed by atoms with E-state index in [0.717, 1.165) is 55.8 Å². The molecular weight excluding hydrogens is 1040 g/mol. The van der Waals surface area contributed by atoms with Gasteiger partial charge in [0.1, 0.15) is 5.82 Å². The third-order valence-corrected chi connectivity index (χ3v) is 13.9. The summed E-state index contributed by atoms with van der Waals surface area (Å²) in [5.41, 5.74) is 12.6. The van der Waals surface area contributed by atoms with E-state index in [4.69, 9.17) is 9.72 Å². The van der Waals surface area contributed by atoms with Crippen molar-refractivity contribution in [3.05, 3.63) is 234 Å². The number of ether oxygens (including phenoxy) is 1. The van der Waals surface area contributed by atoms with Crippen LogP contribution in [-0.4, -0.2) is 14.1 Å². The molecule has 10 aromatic rings. The van der Waals surface area contributed by atoms with Gasteiger partial charge in [-0.3, -0.25) is 4.57 Å². The zero-order chi connectivity index (χ0) is 48.3. The van der Waals surface area contributed by atoms with E-state index in [0.29, 0.717) is 11.5 Å². The van der Waals surface area contributed by atoms with Gasteiger partial charge in [0.2, 0.25) is 0 Å². The molecule has 354 valence electrons. The Hall–Kier alpha value is -6.81. The molecule has 0 radical (unpaired) electrons. The number of imidazole rings is 1. The monoisotopic (exact) mass is 1100 g/mol. The molecular formula is C64H60N4OPt-2. The quantitative estimate of drug-likeness (QED) is 0.101. The zero-order valence-electron chi connectivity index (χ0n) is 41.8. The molecule has 0 bridgehead atoms. The molecule has 6 heteroatoms. The normalized spacial score (nSPS) is 12.3. The van der Waals surface area contributed by atoms with Crippen LogP contribution in [0.2, 0.25) is 0 Å². The minimum atomic E-state index is -0.422. The SMILES string of the molecule is CC(C)(C)c1ccnc(-n2c3[c-]c(Oc4[c-]c(-n5[c-][n+](-c6cc(-c7ccccc7)cc(C(C)(C)c7ccccc7)c6)cc5C(C)(C)c5ccccc5)ccc4)ccc3c3cc(C(C)(C)C)ccc32)c1.[Pt]. The second-order valence-electron chi connectivity index (χ2n) is 21.5. The number of pyridine rings is 1. The number of rotatable bonds is 10. The standard InChI is InChI=1S/C64H60N4O.Pt/c1-61(2,3)48-29-32-57-56(38-48)55-31-30-54(41-58(55)68(57)60-39-49(33-34-65-60)62(4,5)6)69-53-28-20-27-51(40-53)67-43-66(42-59(67)64(9,10)47-25-18-13-19-26-47)52-36-45(44-21-14-11-15-22-44)35-50(37-52)63(7,8)46-23-16-12-17-24-46;/h11-39,42H,1-10H3;/q-2;. The molecule has 0 N–H and O–H groups in total. The Balaban J connectivity index is 0.00000608. The first-order chi connectivity index (χ1) is 32.9.